The van der Waals surface area contributed by atoms with Gasteiger partial charge in [0.05, 0.1) is 5.56 Å². The number of aromatic nitrogens is 2. The van der Waals surface area contributed by atoms with Crippen LogP contribution in [0.15, 0.2) is 53.6 Å². The molecule has 3 rings (SSSR count). The van der Waals surface area contributed by atoms with Crippen molar-refractivity contribution in [3.05, 3.63) is 70.3 Å². The Morgan fingerprint density at radius 3 is 2.58 bits per heavy atom. The quantitative estimate of drug-likeness (QED) is 0.661. The second-order valence-electron chi connectivity index (χ2n) is 5.44. The van der Waals surface area contributed by atoms with Crippen molar-refractivity contribution in [1.82, 2.24) is 14.9 Å². The van der Waals surface area contributed by atoms with Gasteiger partial charge in [0, 0.05) is 24.8 Å². The van der Waals surface area contributed by atoms with Crippen LogP contribution in [-0.2, 0) is 11.8 Å². The fourth-order valence-electron chi connectivity index (χ4n) is 2.62. The van der Waals surface area contributed by atoms with Gasteiger partial charge >= 0.3 is 0 Å². The number of primary amides is 1. The molecule has 0 fully saturated rings. The highest BCUT2D eigenvalue weighted by Crippen LogP contribution is 2.17. The van der Waals surface area contributed by atoms with E-state index < -0.39 is 17.9 Å². The molecule has 0 aliphatic rings. The summed E-state index contributed by atoms with van der Waals surface area (Å²) in [6, 6.07) is 9.43. The highest BCUT2D eigenvalue weighted by molar-refractivity contribution is 6.07. The number of hydrogen-bond acceptors (Lipinski definition) is 3. The number of carbonyl (C=O) groups is 2. The summed E-state index contributed by atoms with van der Waals surface area (Å²) in [6.07, 6.45) is 3.03. The highest BCUT2D eigenvalue weighted by Gasteiger charge is 2.22. The van der Waals surface area contributed by atoms with Crippen LogP contribution in [0.25, 0.3) is 10.9 Å². The average Bonchev–Trinajstić information content (AvgIpc) is 3.06. The van der Waals surface area contributed by atoms with Crippen LogP contribution in [-0.4, -0.2) is 21.4 Å². The van der Waals surface area contributed by atoms with Crippen LogP contribution in [0.4, 0.5) is 0 Å². The van der Waals surface area contributed by atoms with Gasteiger partial charge in [-0.3, -0.25) is 14.4 Å². The van der Waals surface area contributed by atoms with E-state index >= 15 is 0 Å². The van der Waals surface area contributed by atoms with Crippen LogP contribution in [0.1, 0.15) is 22.0 Å². The third kappa shape index (κ3) is 2.67. The van der Waals surface area contributed by atoms with Crippen molar-refractivity contribution < 1.29 is 9.59 Å². The standard InChI is InChI=1S/C17H16N4O3/c1-21-9-12(11-7-8-19-14(11)17(21)24)16(23)20-13(15(18)22)10-5-3-2-4-6-10/h2-9,13,19H,1H3,(H2,18,22)(H,20,23)/t13-/m0/s1. The van der Waals surface area contributed by atoms with Crippen molar-refractivity contribution in [3.63, 3.8) is 0 Å². The van der Waals surface area contributed by atoms with Crippen LogP contribution in [0.5, 0.6) is 0 Å². The zero-order valence-corrected chi connectivity index (χ0v) is 12.9. The third-order valence-electron chi connectivity index (χ3n) is 3.83. The molecule has 2 heterocycles. The van der Waals surface area contributed by atoms with Crippen LogP contribution in [0.3, 0.4) is 0 Å². The first-order chi connectivity index (χ1) is 11.5. The molecule has 0 saturated heterocycles. The van der Waals surface area contributed by atoms with Crippen molar-refractivity contribution in [1.29, 1.82) is 0 Å². The molecule has 0 aliphatic heterocycles. The van der Waals surface area contributed by atoms with E-state index in [1.165, 1.54) is 10.8 Å². The summed E-state index contributed by atoms with van der Waals surface area (Å²) in [4.78, 5) is 39.3. The summed E-state index contributed by atoms with van der Waals surface area (Å²) in [5.41, 5.74) is 6.40. The van der Waals surface area contributed by atoms with E-state index in [1.807, 2.05) is 0 Å². The predicted molar refractivity (Wildman–Crippen MR) is 89.4 cm³/mol. The molecule has 1 atom stereocenters. The van der Waals surface area contributed by atoms with E-state index in [2.05, 4.69) is 10.3 Å². The molecular formula is C17H16N4O3. The molecule has 0 bridgehead atoms. The minimum atomic E-state index is -0.954. The Morgan fingerprint density at radius 2 is 1.92 bits per heavy atom. The summed E-state index contributed by atoms with van der Waals surface area (Å²) in [6.45, 7) is 0. The molecule has 0 radical (unpaired) electrons. The Balaban J connectivity index is 2.00. The monoisotopic (exact) mass is 324 g/mol. The minimum absolute atomic E-state index is 0.235. The maximum absolute atomic E-state index is 12.7. The fourth-order valence-corrected chi connectivity index (χ4v) is 2.62. The molecular weight excluding hydrogens is 308 g/mol. The molecule has 122 valence electrons. The smallest absolute Gasteiger partial charge is 0.274 e. The van der Waals surface area contributed by atoms with Gasteiger partial charge in [-0.1, -0.05) is 30.3 Å². The average molecular weight is 324 g/mol. The third-order valence-corrected chi connectivity index (χ3v) is 3.83. The number of aryl methyl sites for hydroxylation is 1. The van der Waals surface area contributed by atoms with Crippen LogP contribution >= 0.6 is 0 Å². The predicted octanol–water partition coefficient (Wildman–Crippen LogP) is 0.823. The number of pyridine rings is 1. The first-order valence-electron chi connectivity index (χ1n) is 7.31. The molecule has 7 heteroatoms. The summed E-state index contributed by atoms with van der Waals surface area (Å²) in [5, 5.41) is 3.13. The topological polar surface area (TPSA) is 110 Å². The maximum Gasteiger partial charge on any atom is 0.274 e. The number of H-pyrrole nitrogens is 1. The molecule has 0 saturated carbocycles. The maximum atomic E-state index is 12.7. The number of nitrogens with zero attached hydrogens (tertiary/aromatic N) is 1. The number of hydrogen-bond donors (Lipinski definition) is 3. The Labute approximate surface area is 137 Å². The lowest BCUT2D eigenvalue weighted by atomic mass is 10.1. The second kappa shape index (κ2) is 6.04. The number of rotatable bonds is 4. The van der Waals surface area contributed by atoms with E-state index in [9.17, 15) is 14.4 Å². The highest BCUT2D eigenvalue weighted by atomic mass is 16.2. The van der Waals surface area contributed by atoms with E-state index in [4.69, 9.17) is 5.73 Å². The molecule has 0 aliphatic carbocycles. The van der Waals surface area contributed by atoms with E-state index in [0.717, 1.165) is 0 Å². The second-order valence-corrected chi connectivity index (χ2v) is 5.44. The Morgan fingerprint density at radius 1 is 1.21 bits per heavy atom. The number of nitrogens with one attached hydrogen (secondary N) is 2. The number of amides is 2. The molecule has 4 N–H and O–H groups in total. The van der Waals surface area contributed by atoms with Crippen molar-refractivity contribution in [2.75, 3.05) is 0 Å². The van der Waals surface area contributed by atoms with Gasteiger partial charge in [0.15, 0.2) is 0 Å². The Hall–Kier alpha value is -3.35. The molecule has 2 amide bonds. The van der Waals surface area contributed by atoms with Crippen molar-refractivity contribution >= 4 is 22.7 Å². The van der Waals surface area contributed by atoms with Crippen LogP contribution < -0.4 is 16.6 Å². The first kappa shape index (κ1) is 15.5. The first-order valence-corrected chi connectivity index (χ1v) is 7.31. The van der Waals surface area contributed by atoms with Gasteiger partial charge in [-0.2, -0.15) is 0 Å². The van der Waals surface area contributed by atoms with Crippen molar-refractivity contribution in [2.45, 2.75) is 6.04 Å². The number of carbonyl (C=O) groups excluding carboxylic acids is 2. The van der Waals surface area contributed by atoms with Gasteiger partial charge in [0.2, 0.25) is 5.91 Å². The zero-order chi connectivity index (χ0) is 17.3. The van der Waals surface area contributed by atoms with Crippen LogP contribution in [0.2, 0.25) is 0 Å². The number of fused-ring (bicyclic) bond motifs is 1. The van der Waals surface area contributed by atoms with Gasteiger partial charge in [-0.05, 0) is 11.6 Å². The van der Waals surface area contributed by atoms with Crippen molar-refractivity contribution in [3.8, 4) is 0 Å². The van der Waals surface area contributed by atoms with Gasteiger partial charge in [-0.25, -0.2) is 0 Å². The lowest BCUT2D eigenvalue weighted by Crippen LogP contribution is -2.38. The normalized spacial score (nSPS) is 12.0. The zero-order valence-electron chi connectivity index (χ0n) is 12.9. The van der Waals surface area contributed by atoms with Gasteiger partial charge < -0.3 is 20.6 Å². The Bertz CT molecular complexity index is 972. The summed E-state index contributed by atoms with van der Waals surface area (Å²) < 4.78 is 1.32. The number of aromatic amines is 1. The van der Waals surface area contributed by atoms with E-state index in [0.29, 0.717) is 16.5 Å². The summed E-state index contributed by atoms with van der Waals surface area (Å²) >= 11 is 0. The fraction of sp³-hybridized carbons (Fsp3) is 0.118. The largest absolute Gasteiger partial charge is 0.368 e. The lowest BCUT2D eigenvalue weighted by Gasteiger charge is -2.16. The molecule has 24 heavy (non-hydrogen) atoms. The molecule has 0 unspecified atom stereocenters. The van der Waals surface area contributed by atoms with Crippen molar-refractivity contribution in [2.24, 2.45) is 12.8 Å². The molecule has 7 nitrogen and oxygen atoms in total. The molecule has 2 aromatic heterocycles. The molecule has 1 aromatic carbocycles. The summed E-state index contributed by atoms with van der Waals surface area (Å²) in [5.74, 6) is -1.15. The molecule has 0 spiro atoms. The molecule has 3 aromatic rings. The van der Waals surface area contributed by atoms with E-state index in [-0.39, 0.29) is 11.1 Å². The minimum Gasteiger partial charge on any atom is -0.368 e. The number of nitrogens with two attached hydrogens (primary N) is 1. The van der Waals surface area contributed by atoms with Gasteiger partial charge in [0.1, 0.15) is 11.6 Å². The van der Waals surface area contributed by atoms with Gasteiger partial charge in [-0.15, -0.1) is 0 Å². The summed E-state index contributed by atoms with van der Waals surface area (Å²) in [7, 11) is 1.56. The number of benzene rings is 1. The lowest BCUT2D eigenvalue weighted by molar-refractivity contribution is -0.120. The SMILES string of the molecule is Cn1cc(C(=O)N[C@H](C(N)=O)c2ccccc2)c2cc[nH]c2c1=O. The van der Waals surface area contributed by atoms with Gasteiger partial charge in [0.25, 0.3) is 11.5 Å². The van der Waals surface area contributed by atoms with E-state index in [1.54, 1.807) is 49.6 Å². The van der Waals surface area contributed by atoms with Crippen LogP contribution in [0, 0.1) is 0 Å². The Kier molecular flexibility index (Phi) is 3.91.